The Bertz CT molecular complexity index is 885. The van der Waals surface area contributed by atoms with E-state index in [-0.39, 0.29) is 0 Å². The zero-order valence-electron chi connectivity index (χ0n) is 14.3. The number of hydrogen-bond acceptors (Lipinski definition) is 6. The molecule has 0 unspecified atom stereocenters. The van der Waals surface area contributed by atoms with Crippen LogP contribution >= 0.6 is 0 Å². The Kier molecular flexibility index (Phi) is 6.11. The predicted octanol–water partition coefficient (Wildman–Crippen LogP) is 3.59. The first-order valence-electron chi connectivity index (χ1n) is 7.63. The molecule has 7 heteroatoms. The van der Waals surface area contributed by atoms with Gasteiger partial charge < -0.3 is 0 Å². The fourth-order valence-electron chi connectivity index (χ4n) is 2.13. The average molecular weight is 337 g/mol. The largest absolute Gasteiger partial charge is 0.278 e. The second kappa shape index (κ2) is 8.49. The van der Waals surface area contributed by atoms with Gasteiger partial charge in [0.1, 0.15) is 0 Å². The van der Waals surface area contributed by atoms with Crippen LogP contribution in [0.15, 0.2) is 53.6 Å². The van der Waals surface area contributed by atoms with Gasteiger partial charge >= 0.3 is 0 Å². The molecule has 0 aliphatic rings. The third-order valence-corrected chi connectivity index (χ3v) is 3.14. The molecule has 0 atom stereocenters. The molecule has 0 aliphatic heterocycles. The molecule has 0 saturated carbocycles. The molecule has 3 aromatic rings. The molecule has 0 saturated heterocycles. The number of rotatable bonds is 3. The van der Waals surface area contributed by atoms with E-state index in [0.717, 1.165) is 40.7 Å². The molecule has 0 bridgehead atoms. The molecule has 0 radical (unpaired) electrons. The van der Waals surface area contributed by atoms with E-state index in [4.69, 9.17) is 10.1 Å². The maximum atomic E-state index is 8.81. The van der Waals surface area contributed by atoms with Crippen LogP contribution in [0.2, 0.25) is 0 Å². The van der Waals surface area contributed by atoms with Gasteiger partial charge in [-0.15, -0.1) is 0 Å². The summed E-state index contributed by atoms with van der Waals surface area (Å²) in [5.74, 6) is 0. The van der Waals surface area contributed by atoms with E-state index >= 15 is 0 Å². The fourth-order valence-corrected chi connectivity index (χ4v) is 2.13. The zero-order chi connectivity index (χ0) is 18.2. The van der Waals surface area contributed by atoms with Gasteiger partial charge in [-0.05, 0) is 37.6 Å². The fraction of sp³-hybridized carbons (Fsp3) is 0.167. The Morgan fingerprint density at radius 1 is 1.08 bits per heavy atom. The van der Waals surface area contributed by atoms with Crippen molar-refractivity contribution in [1.82, 2.24) is 9.97 Å². The maximum absolute atomic E-state index is 8.81. The van der Waals surface area contributed by atoms with Crippen LogP contribution < -0.4 is 5.43 Å². The highest BCUT2D eigenvalue weighted by Gasteiger charge is 2.04. The number of anilines is 1. The third kappa shape index (κ3) is 5.65. The van der Waals surface area contributed by atoms with Crippen molar-refractivity contribution in [2.24, 2.45) is 5.10 Å². The SMILES string of the molecule is C[N+](=O)[O-].Cc1ccc2c(N/N=C/c3ccccc3)cc(C)nc2n1. The number of benzene rings is 1. The van der Waals surface area contributed by atoms with Crippen LogP contribution in [0.5, 0.6) is 0 Å². The van der Waals surface area contributed by atoms with Crippen LogP contribution in [0.1, 0.15) is 17.0 Å². The van der Waals surface area contributed by atoms with Crippen LogP contribution in [0, 0.1) is 24.0 Å². The van der Waals surface area contributed by atoms with Crippen molar-refractivity contribution in [2.45, 2.75) is 13.8 Å². The van der Waals surface area contributed by atoms with Crippen LogP contribution in [-0.2, 0) is 0 Å². The number of hydrazone groups is 1. The first-order chi connectivity index (χ1) is 12.0. The number of aryl methyl sites for hydroxylation is 2. The van der Waals surface area contributed by atoms with Crippen molar-refractivity contribution in [3.8, 4) is 0 Å². The van der Waals surface area contributed by atoms with Gasteiger partial charge in [0.05, 0.1) is 11.9 Å². The van der Waals surface area contributed by atoms with Crippen molar-refractivity contribution >= 4 is 22.9 Å². The first-order valence-corrected chi connectivity index (χ1v) is 7.63. The number of nitrogens with one attached hydrogen (secondary N) is 1. The molecule has 0 fully saturated rings. The molecule has 0 spiro atoms. The minimum absolute atomic E-state index is 0.500. The lowest BCUT2D eigenvalue weighted by atomic mass is 10.2. The van der Waals surface area contributed by atoms with Crippen LogP contribution in [0.25, 0.3) is 11.0 Å². The smallest absolute Gasteiger partial charge is 0.194 e. The van der Waals surface area contributed by atoms with Gasteiger partial charge in [-0.25, -0.2) is 9.97 Å². The van der Waals surface area contributed by atoms with Gasteiger partial charge in [0.25, 0.3) is 0 Å². The van der Waals surface area contributed by atoms with Crippen molar-refractivity contribution in [3.63, 3.8) is 0 Å². The third-order valence-electron chi connectivity index (χ3n) is 3.14. The van der Waals surface area contributed by atoms with Gasteiger partial charge in [-0.3, -0.25) is 15.5 Å². The standard InChI is InChI=1S/C17H16N4.CH3NO2/c1-12-8-9-15-16(10-13(2)20-17(15)19-12)21-18-11-14-6-4-3-5-7-14;1-2(3)4/h3-11H,1-2H3,(H,19,20,21);1H3/b18-11+;. The molecule has 0 amide bonds. The highest BCUT2D eigenvalue weighted by Crippen LogP contribution is 2.22. The molecule has 1 aromatic carbocycles. The first kappa shape index (κ1) is 18.0. The van der Waals surface area contributed by atoms with E-state index in [9.17, 15) is 0 Å². The van der Waals surface area contributed by atoms with Crippen molar-refractivity contribution in [2.75, 3.05) is 12.5 Å². The second-order valence-corrected chi connectivity index (χ2v) is 5.36. The minimum atomic E-state index is -0.500. The summed E-state index contributed by atoms with van der Waals surface area (Å²) >= 11 is 0. The van der Waals surface area contributed by atoms with E-state index in [1.54, 1.807) is 6.21 Å². The quantitative estimate of drug-likeness (QED) is 0.448. The van der Waals surface area contributed by atoms with Crippen molar-refractivity contribution < 1.29 is 4.92 Å². The Hall–Kier alpha value is -3.35. The summed E-state index contributed by atoms with van der Waals surface area (Å²) < 4.78 is 0. The van der Waals surface area contributed by atoms with Crippen molar-refractivity contribution in [1.29, 1.82) is 0 Å². The summed E-state index contributed by atoms with van der Waals surface area (Å²) in [6.07, 6.45) is 1.79. The average Bonchev–Trinajstić information content (AvgIpc) is 2.54. The molecule has 0 aliphatic carbocycles. The Balaban J connectivity index is 0.000000511. The van der Waals surface area contributed by atoms with Gasteiger partial charge in [0.2, 0.25) is 0 Å². The Morgan fingerprint density at radius 3 is 2.40 bits per heavy atom. The minimum Gasteiger partial charge on any atom is -0.278 e. The number of hydrogen-bond donors (Lipinski definition) is 1. The molecule has 3 rings (SSSR count). The molecule has 7 nitrogen and oxygen atoms in total. The highest BCUT2D eigenvalue weighted by molar-refractivity contribution is 5.90. The van der Waals surface area contributed by atoms with Gasteiger partial charge in [0.15, 0.2) is 12.7 Å². The molecule has 25 heavy (non-hydrogen) atoms. The summed E-state index contributed by atoms with van der Waals surface area (Å²) in [5, 5.41) is 14.1. The normalized spacial score (nSPS) is 10.4. The molecule has 128 valence electrons. The zero-order valence-corrected chi connectivity index (χ0v) is 14.3. The molecular formula is C18H19N5O2. The second-order valence-electron chi connectivity index (χ2n) is 5.36. The molecule has 2 aromatic heterocycles. The number of nitro groups is 1. The lowest BCUT2D eigenvalue weighted by molar-refractivity contribution is -0.445. The lowest BCUT2D eigenvalue weighted by Gasteiger charge is -2.07. The predicted molar refractivity (Wildman–Crippen MR) is 99.6 cm³/mol. The number of fused-ring (bicyclic) bond motifs is 1. The molecule has 2 heterocycles. The lowest BCUT2D eigenvalue weighted by Crippen LogP contribution is -1.96. The number of aromatic nitrogens is 2. The van der Waals surface area contributed by atoms with Crippen LogP contribution in [0.4, 0.5) is 5.69 Å². The summed E-state index contributed by atoms with van der Waals surface area (Å²) in [7, 11) is 0.889. The summed E-state index contributed by atoms with van der Waals surface area (Å²) in [6.45, 7) is 3.92. The van der Waals surface area contributed by atoms with E-state index in [1.807, 2.05) is 62.4 Å². The topological polar surface area (TPSA) is 93.3 Å². The van der Waals surface area contributed by atoms with Crippen LogP contribution in [-0.4, -0.2) is 28.2 Å². The van der Waals surface area contributed by atoms with Crippen molar-refractivity contribution in [3.05, 3.63) is 75.6 Å². The Labute approximate surface area is 145 Å². The van der Waals surface area contributed by atoms with Gasteiger partial charge in [-0.2, -0.15) is 5.10 Å². The van der Waals surface area contributed by atoms with E-state index in [1.165, 1.54) is 0 Å². The van der Waals surface area contributed by atoms with E-state index in [2.05, 4.69) is 20.5 Å². The summed E-state index contributed by atoms with van der Waals surface area (Å²) in [4.78, 5) is 17.2. The van der Waals surface area contributed by atoms with Crippen LogP contribution in [0.3, 0.4) is 0 Å². The van der Waals surface area contributed by atoms with Gasteiger partial charge in [0, 0.05) is 21.7 Å². The molecular weight excluding hydrogens is 318 g/mol. The number of nitrogens with zero attached hydrogens (tertiary/aromatic N) is 4. The number of pyridine rings is 2. The van der Waals surface area contributed by atoms with E-state index in [0.29, 0.717) is 0 Å². The highest BCUT2D eigenvalue weighted by atomic mass is 16.6. The monoisotopic (exact) mass is 337 g/mol. The summed E-state index contributed by atoms with van der Waals surface area (Å²) in [6, 6.07) is 15.9. The Morgan fingerprint density at radius 2 is 1.72 bits per heavy atom. The van der Waals surface area contributed by atoms with E-state index < -0.39 is 4.92 Å². The maximum Gasteiger partial charge on any atom is 0.194 e. The molecule has 1 N–H and O–H groups in total. The van der Waals surface area contributed by atoms with Gasteiger partial charge in [-0.1, -0.05) is 30.3 Å². The summed E-state index contributed by atoms with van der Waals surface area (Å²) in [5.41, 5.74) is 7.67.